The molecule has 1 rings (SSSR count). The van der Waals surface area contributed by atoms with Crippen LogP contribution in [0.4, 0.5) is 5.69 Å². The number of ether oxygens (including phenoxy) is 1. The number of carbonyl (C=O) groups excluding carboxylic acids is 1. The normalized spacial score (nSPS) is 12.2. The minimum Gasteiger partial charge on any atom is -0.508 e. The van der Waals surface area contributed by atoms with E-state index in [1.165, 1.54) is 0 Å². The maximum Gasteiger partial charge on any atom is 0.325 e. The Bertz CT molecular complexity index is 359. The van der Waals surface area contributed by atoms with Gasteiger partial charge in [0.2, 0.25) is 0 Å². The molecule has 1 atom stereocenters. The Hall–Kier alpha value is -1.71. The molecule has 2 N–H and O–H groups in total. The number of hydrogen-bond acceptors (Lipinski definition) is 4. The van der Waals surface area contributed by atoms with E-state index in [0.29, 0.717) is 5.92 Å². The lowest BCUT2D eigenvalue weighted by atomic mass is 10.1. The first kappa shape index (κ1) is 13.4. The molecule has 94 valence electrons. The van der Waals surface area contributed by atoms with Gasteiger partial charge in [0, 0.05) is 5.69 Å². The molecular weight excluding hydrogens is 218 g/mol. The molecule has 17 heavy (non-hydrogen) atoms. The lowest BCUT2D eigenvalue weighted by Crippen LogP contribution is -2.25. The lowest BCUT2D eigenvalue weighted by Gasteiger charge is -2.16. The standard InChI is InChI=1S/C13H19NO3/c1-9(2)10(3)17-13(16)8-14-11-4-6-12(15)7-5-11/h4-7,9-10,14-15H,8H2,1-3H3. The van der Waals surface area contributed by atoms with Crippen molar-refractivity contribution in [3.05, 3.63) is 24.3 Å². The number of phenolic OH excluding ortho intramolecular Hbond substituents is 1. The summed E-state index contributed by atoms with van der Waals surface area (Å²) in [4.78, 5) is 11.5. The first-order valence-corrected chi connectivity index (χ1v) is 5.71. The van der Waals surface area contributed by atoms with Crippen LogP contribution >= 0.6 is 0 Å². The predicted octanol–water partition coefficient (Wildman–Crippen LogP) is 2.39. The van der Waals surface area contributed by atoms with E-state index in [0.717, 1.165) is 5.69 Å². The number of anilines is 1. The molecule has 4 nitrogen and oxygen atoms in total. The fraction of sp³-hybridized carbons (Fsp3) is 0.462. The Labute approximate surface area is 102 Å². The monoisotopic (exact) mass is 237 g/mol. The third kappa shape index (κ3) is 4.76. The SMILES string of the molecule is CC(C)C(C)OC(=O)CNc1ccc(O)cc1. The van der Waals surface area contributed by atoms with Gasteiger partial charge in [-0.15, -0.1) is 0 Å². The van der Waals surface area contributed by atoms with Crippen molar-refractivity contribution in [2.45, 2.75) is 26.9 Å². The van der Waals surface area contributed by atoms with Gasteiger partial charge in [0.15, 0.2) is 0 Å². The highest BCUT2D eigenvalue weighted by atomic mass is 16.5. The summed E-state index contributed by atoms with van der Waals surface area (Å²) < 4.78 is 5.21. The van der Waals surface area contributed by atoms with Crippen molar-refractivity contribution >= 4 is 11.7 Å². The molecule has 0 spiro atoms. The number of phenols is 1. The van der Waals surface area contributed by atoms with Gasteiger partial charge < -0.3 is 15.2 Å². The molecule has 0 amide bonds. The molecule has 1 unspecified atom stereocenters. The fourth-order valence-corrected chi connectivity index (χ4v) is 1.14. The van der Waals surface area contributed by atoms with Gasteiger partial charge in [-0.05, 0) is 37.1 Å². The van der Waals surface area contributed by atoms with Crippen LogP contribution in [0.2, 0.25) is 0 Å². The van der Waals surface area contributed by atoms with Crippen molar-refractivity contribution < 1.29 is 14.6 Å². The maximum absolute atomic E-state index is 11.5. The number of aromatic hydroxyl groups is 1. The average Bonchev–Trinajstić information content (AvgIpc) is 2.28. The Morgan fingerprint density at radius 1 is 1.29 bits per heavy atom. The molecule has 1 aromatic rings. The van der Waals surface area contributed by atoms with Crippen LogP contribution in [0, 0.1) is 5.92 Å². The third-order valence-electron chi connectivity index (χ3n) is 2.56. The van der Waals surface area contributed by atoms with Crippen LogP contribution in [0.5, 0.6) is 5.75 Å². The Morgan fingerprint density at radius 2 is 1.88 bits per heavy atom. The van der Waals surface area contributed by atoms with E-state index in [-0.39, 0.29) is 24.4 Å². The highest BCUT2D eigenvalue weighted by Gasteiger charge is 2.12. The minimum absolute atomic E-state index is 0.0795. The third-order valence-corrected chi connectivity index (χ3v) is 2.56. The fourth-order valence-electron chi connectivity index (χ4n) is 1.14. The second kappa shape index (κ2) is 6.13. The molecule has 0 aromatic heterocycles. The number of hydrogen-bond donors (Lipinski definition) is 2. The van der Waals surface area contributed by atoms with Crippen molar-refractivity contribution in [1.29, 1.82) is 0 Å². The lowest BCUT2D eigenvalue weighted by molar-refractivity contribution is -0.147. The number of benzene rings is 1. The number of rotatable bonds is 5. The smallest absolute Gasteiger partial charge is 0.325 e. The van der Waals surface area contributed by atoms with Crippen LogP contribution in [0.15, 0.2) is 24.3 Å². The summed E-state index contributed by atoms with van der Waals surface area (Å²) in [7, 11) is 0. The number of esters is 1. The molecule has 0 saturated heterocycles. The van der Waals surface area contributed by atoms with Crippen molar-refractivity contribution in [1.82, 2.24) is 0 Å². The van der Waals surface area contributed by atoms with Crippen molar-refractivity contribution in [3.8, 4) is 5.75 Å². The van der Waals surface area contributed by atoms with Crippen molar-refractivity contribution in [2.24, 2.45) is 5.92 Å². The molecular formula is C13H19NO3. The van der Waals surface area contributed by atoms with Gasteiger partial charge in [-0.3, -0.25) is 4.79 Å². The zero-order valence-corrected chi connectivity index (χ0v) is 10.4. The van der Waals surface area contributed by atoms with Gasteiger partial charge in [0.25, 0.3) is 0 Å². The maximum atomic E-state index is 11.5. The quantitative estimate of drug-likeness (QED) is 0.610. The van der Waals surface area contributed by atoms with Crippen LogP contribution in [-0.4, -0.2) is 23.7 Å². The molecule has 0 aliphatic heterocycles. The van der Waals surface area contributed by atoms with Crippen molar-refractivity contribution in [3.63, 3.8) is 0 Å². The zero-order chi connectivity index (χ0) is 12.8. The van der Waals surface area contributed by atoms with E-state index in [1.807, 2.05) is 20.8 Å². The molecule has 0 radical (unpaired) electrons. The summed E-state index contributed by atoms with van der Waals surface area (Å²) in [5, 5.41) is 12.0. The largest absolute Gasteiger partial charge is 0.508 e. The molecule has 0 heterocycles. The van der Waals surface area contributed by atoms with Gasteiger partial charge in [0.1, 0.15) is 18.4 Å². The van der Waals surface area contributed by atoms with E-state index in [2.05, 4.69) is 5.32 Å². The highest BCUT2D eigenvalue weighted by Crippen LogP contribution is 2.13. The topological polar surface area (TPSA) is 58.6 Å². The summed E-state index contributed by atoms with van der Waals surface area (Å²) >= 11 is 0. The van der Waals surface area contributed by atoms with Gasteiger partial charge in [-0.25, -0.2) is 0 Å². The van der Waals surface area contributed by atoms with Crippen LogP contribution in [0.1, 0.15) is 20.8 Å². The van der Waals surface area contributed by atoms with Crippen molar-refractivity contribution in [2.75, 3.05) is 11.9 Å². The van der Waals surface area contributed by atoms with E-state index >= 15 is 0 Å². The summed E-state index contributed by atoms with van der Waals surface area (Å²) in [6, 6.07) is 6.53. The van der Waals surface area contributed by atoms with Gasteiger partial charge in [-0.2, -0.15) is 0 Å². The van der Waals surface area contributed by atoms with Crippen LogP contribution in [0.25, 0.3) is 0 Å². The summed E-state index contributed by atoms with van der Waals surface area (Å²) in [5.74, 6) is 0.235. The second-order valence-electron chi connectivity index (χ2n) is 4.34. The average molecular weight is 237 g/mol. The predicted molar refractivity (Wildman–Crippen MR) is 67.0 cm³/mol. The first-order valence-electron chi connectivity index (χ1n) is 5.71. The molecule has 4 heteroatoms. The van der Waals surface area contributed by atoms with Gasteiger partial charge >= 0.3 is 5.97 Å². The molecule has 0 fully saturated rings. The van der Waals surface area contributed by atoms with E-state index < -0.39 is 0 Å². The van der Waals surface area contributed by atoms with E-state index in [9.17, 15) is 4.79 Å². The molecule has 0 bridgehead atoms. The second-order valence-corrected chi connectivity index (χ2v) is 4.34. The Balaban J connectivity index is 2.35. The number of carbonyl (C=O) groups is 1. The number of nitrogens with one attached hydrogen (secondary N) is 1. The molecule has 0 aliphatic rings. The van der Waals surface area contributed by atoms with Crippen LogP contribution < -0.4 is 5.32 Å². The summed E-state index contributed by atoms with van der Waals surface area (Å²) in [6.45, 7) is 6.02. The Kier molecular flexibility index (Phi) is 4.82. The van der Waals surface area contributed by atoms with Gasteiger partial charge in [0.05, 0.1) is 0 Å². The minimum atomic E-state index is -0.278. The molecule has 0 saturated carbocycles. The van der Waals surface area contributed by atoms with E-state index in [4.69, 9.17) is 9.84 Å². The van der Waals surface area contributed by atoms with Crippen LogP contribution in [0.3, 0.4) is 0 Å². The highest BCUT2D eigenvalue weighted by molar-refractivity contribution is 5.75. The van der Waals surface area contributed by atoms with E-state index in [1.54, 1.807) is 24.3 Å². The van der Waals surface area contributed by atoms with Crippen LogP contribution in [-0.2, 0) is 9.53 Å². The summed E-state index contributed by atoms with van der Waals surface area (Å²) in [6.07, 6.45) is -0.0795. The first-order chi connectivity index (χ1) is 7.99. The Morgan fingerprint density at radius 3 is 2.41 bits per heavy atom. The zero-order valence-electron chi connectivity index (χ0n) is 10.4. The summed E-state index contributed by atoms with van der Waals surface area (Å²) in [5.41, 5.74) is 0.775. The molecule has 1 aromatic carbocycles. The van der Waals surface area contributed by atoms with Gasteiger partial charge in [-0.1, -0.05) is 13.8 Å². The molecule has 0 aliphatic carbocycles.